The van der Waals surface area contributed by atoms with Crippen molar-refractivity contribution < 1.29 is 9.59 Å². The van der Waals surface area contributed by atoms with Crippen LogP contribution in [-0.2, 0) is 17.9 Å². The van der Waals surface area contributed by atoms with E-state index in [-0.39, 0.29) is 5.91 Å². The summed E-state index contributed by atoms with van der Waals surface area (Å²) < 4.78 is 0. The van der Waals surface area contributed by atoms with E-state index in [4.69, 9.17) is 5.73 Å². The van der Waals surface area contributed by atoms with E-state index in [1.165, 1.54) is 10.5 Å². The number of likely N-dealkylation sites (tertiary alicyclic amines) is 1. The molecule has 3 amide bonds. The van der Waals surface area contributed by atoms with E-state index in [2.05, 4.69) is 27.3 Å². The molecule has 142 valence electrons. The van der Waals surface area contributed by atoms with E-state index in [1.807, 2.05) is 37.4 Å². The second-order valence-corrected chi connectivity index (χ2v) is 6.74. The fourth-order valence-corrected chi connectivity index (χ4v) is 3.45. The van der Waals surface area contributed by atoms with Gasteiger partial charge in [0.15, 0.2) is 0 Å². The number of amides is 3. The highest BCUT2D eigenvalue weighted by Gasteiger charge is 2.32. The first kappa shape index (κ1) is 18.7. The Labute approximate surface area is 159 Å². The first-order chi connectivity index (χ1) is 13.1. The van der Waals surface area contributed by atoms with Gasteiger partial charge in [-0.3, -0.25) is 4.79 Å². The second kappa shape index (κ2) is 8.53. The number of nitrogens with two attached hydrogens (primary N) is 1. The number of rotatable bonds is 6. The van der Waals surface area contributed by atoms with Crippen LogP contribution in [-0.4, -0.2) is 41.5 Å². The lowest BCUT2D eigenvalue weighted by atomic mass is 10.1. The molecule has 0 spiro atoms. The van der Waals surface area contributed by atoms with Crippen LogP contribution in [0.25, 0.3) is 0 Å². The Balaban J connectivity index is 1.65. The van der Waals surface area contributed by atoms with Crippen molar-refractivity contribution in [3.05, 3.63) is 59.8 Å². The van der Waals surface area contributed by atoms with Crippen molar-refractivity contribution in [2.24, 2.45) is 5.73 Å². The van der Waals surface area contributed by atoms with E-state index in [0.717, 1.165) is 24.3 Å². The molecule has 1 aromatic heterocycles. The van der Waals surface area contributed by atoms with Crippen LogP contribution in [0, 0.1) is 0 Å². The summed E-state index contributed by atoms with van der Waals surface area (Å²) in [5.74, 6) is 0.645. The van der Waals surface area contributed by atoms with Crippen LogP contribution in [0.4, 0.5) is 10.6 Å². The van der Waals surface area contributed by atoms with Gasteiger partial charge in [-0.15, -0.1) is 0 Å². The molecule has 1 saturated heterocycles. The molecule has 3 rings (SSSR count). The number of hydrogen-bond donors (Lipinski definition) is 2. The highest BCUT2D eigenvalue weighted by molar-refractivity contribution is 5.87. The summed E-state index contributed by atoms with van der Waals surface area (Å²) in [6.45, 7) is 1.60. The van der Waals surface area contributed by atoms with Crippen molar-refractivity contribution >= 4 is 17.8 Å². The Kier molecular flexibility index (Phi) is 5.90. The smallest absolute Gasteiger partial charge is 0.315 e. The first-order valence-corrected chi connectivity index (χ1v) is 9.09. The van der Waals surface area contributed by atoms with E-state index in [1.54, 1.807) is 6.20 Å². The lowest BCUT2D eigenvalue weighted by Gasteiger charge is -2.23. The molecular weight excluding hydrogens is 342 g/mol. The minimum absolute atomic E-state index is 0.174. The van der Waals surface area contributed by atoms with Crippen LogP contribution in [0.5, 0.6) is 0 Å². The number of pyridine rings is 1. The number of anilines is 1. The summed E-state index contributed by atoms with van der Waals surface area (Å²) >= 11 is 0. The molecule has 1 aliphatic heterocycles. The van der Waals surface area contributed by atoms with Gasteiger partial charge in [-0.1, -0.05) is 36.4 Å². The van der Waals surface area contributed by atoms with Crippen LogP contribution >= 0.6 is 0 Å². The molecule has 2 aromatic rings. The zero-order chi connectivity index (χ0) is 19.2. The number of carbonyl (C=O) groups excluding carboxylic acids is 2. The average molecular weight is 367 g/mol. The van der Waals surface area contributed by atoms with Crippen LogP contribution in [0.1, 0.15) is 24.0 Å². The molecule has 0 unspecified atom stereocenters. The summed E-state index contributed by atoms with van der Waals surface area (Å²) in [5.41, 5.74) is 7.47. The van der Waals surface area contributed by atoms with Gasteiger partial charge in [0.1, 0.15) is 11.9 Å². The Morgan fingerprint density at radius 1 is 1.26 bits per heavy atom. The van der Waals surface area contributed by atoms with Crippen molar-refractivity contribution in [1.82, 2.24) is 15.2 Å². The molecule has 1 fully saturated rings. The van der Waals surface area contributed by atoms with Gasteiger partial charge in [-0.2, -0.15) is 0 Å². The molecule has 1 aliphatic rings. The van der Waals surface area contributed by atoms with Crippen molar-refractivity contribution in [1.29, 1.82) is 0 Å². The lowest BCUT2D eigenvalue weighted by molar-refractivity contribution is -0.124. The minimum Gasteiger partial charge on any atom is -0.355 e. The molecule has 1 atom stereocenters. The Hall–Kier alpha value is -3.09. The quantitative estimate of drug-likeness (QED) is 0.815. The average Bonchev–Trinajstić information content (AvgIpc) is 3.17. The van der Waals surface area contributed by atoms with Crippen molar-refractivity contribution in [2.45, 2.75) is 32.0 Å². The molecule has 2 heterocycles. The highest BCUT2D eigenvalue weighted by atomic mass is 16.2. The van der Waals surface area contributed by atoms with Crippen molar-refractivity contribution in [3.8, 4) is 0 Å². The van der Waals surface area contributed by atoms with Gasteiger partial charge in [0.05, 0.1) is 0 Å². The maximum absolute atomic E-state index is 12.5. The number of nitrogens with zero attached hydrogens (tertiary/aromatic N) is 3. The largest absolute Gasteiger partial charge is 0.355 e. The Morgan fingerprint density at radius 2 is 2.04 bits per heavy atom. The number of nitrogens with one attached hydrogen (secondary N) is 1. The van der Waals surface area contributed by atoms with Gasteiger partial charge in [-0.25, -0.2) is 9.78 Å². The van der Waals surface area contributed by atoms with Crippen LogP contribution in [0.2, 0.25) is 0 Å². The molecule has 0 bridgehead atoms. The number of urea groups is 1. The monoisotopic (exact) mass is 367 g/mol. The SMILES string of the molecule is CN(Cc1ccccc1)c1ncccc1CNC(=O)[C@H]1CCCN1C(N)=O. The third-order valence-electron chi connectivity index (χ3n) is 4.78. The number of benzene rings is 1. The van der Waals surface area contributed by atoms with E-state index in [0.29, 0.717) is 19.5 Å². The number of aromatic nitrogens is 1. The van der Waals surface area contributed by atoms with Gasteiger partial charge in [-0.05, 0) is 24.5 Å². The molecule has 0 radical (unpaired) electrons. The predicted octanol–water partition coefficient (Wildman–Crippen LogP) is 1.88. The van der Waals surface area contributed by atoms with Gasteiger partial charge in [0.25, 0.3) is 0 Å². The third kappa shape index (κ3) is 4.55. The normalized spacial score (nSPS) is 16.2. The fourth-order valence-electron chi connectivity index (χ4n) is 3.45. The van der Waals surface area contributed by atoms with Crippen LogP contribution < -0.4 is 16.0 Å². The zero-order valence-electron chi connectivity index (χ0n) is 15.5. The van der Waals surface area contributed by atoms with E-state index < -0.39 is 12.1 Å². The zero-order valence-corrected chi connectivity index (χ0v) is 15.5. The molecule has 0 aliphatic carbocycles. The number of carbonyl (C=O) groups is 2. The first-order valence-electron chi connectivity index (χ1n) is 9.09. The third-order valence-corrected chi connectivity index (χ3v) is 4.78. The van der Waals surface area contributed by atoms with Gasteiger partial charge in [0, 0.05) is 38.4 Å². The lowest BCUT2D eigenvalue weighted by Crippen LogP contribution is -2.47. The maximum atomic E-state index is 12.5. The molecule has 3 N–H and O–H groups in total. The van der Waals surface area contributed by atoms with Crippen molar-refractivity contribution in [3.63, 3.8) is 0 Å². The Morgan fingerprint density at radius 3 is 2.78 bits per heavy atom. The minimum atomic E-state index is -0.544. The maximum Gasteiger partial charge on any atom is 0.315 e. The summed E-state index contributed by atoms with van der Waals surface area (Å²) in [5, 5.41) is 2.93. The van der Waals surface area contributed by atoms with Gasteiger partial charge in [0.2, 0.25) is 5.91 Å². The molecule has 27 heavy (non-hydrogen) atoms. The number of primary amides is 1. The Bertz CT molecular complexity index is 796. The highest BCUT2D eigenvalue weighted by Crippen LogP contribution is 2.20. The fraction of sp³-hybridized carbons (Fsp3) is 0.350. The topological polar surface area (TPSA) is 91.6 Å². The predicted molar refractivity (Wildman–Crippen MR) is 104 cm³/mol. The number of hydrogen-bond acceptors (Lipinski definition) is 4. The van der Waals surface area contributed by atoms with E-state index >= 15 is 0 Å². The van der Waals surface area contributed by atoms with Gasteiger partial charge < -0.3 is 20.9 Å². The molecule has 1 aromatic carbocycles. The van der Waals surface area contributed by atoms with Crippen molar-refractivity contribution in [2.75, 3.05) is 18.5 Å². The van der Waals surface area contributed by atoms with E-state index in [9.17, 15) is 9.59 Å². The van der Waals surface area contributed by atoms with Crippen LogP contribution in [0.15, 0.2) is 48.7 Å². The summed E-state index contributed by atoms with van der Waals surface area (Å²) in [6, 6.07) is 12.9. The van der Waals surface area contributed by atoms with Crippen LogP contribution in [0.3, 0.4) is 0 Å². The second-order valence-electron chi connectivity index (χ2n) is 6.74. The van der Waals surface area contributed by atoms with Gasteiger partial charge >= 0.3 is 6.03 Å². The molecule has 0 saturated carbocycles. The standard InChI is InChI=1S/C20H25N5O2/c1-24(14-15-7-3-2-4-8-15)18-16(9-5-11-22-18)13-23-19(26)17-10-6-12-25(17)20(21)27/h2-5,7-9,11,17H,6,10,12-14H2,1H3,(H2,21,27)(H,23,26)/t17-/m1/s1. The summed E-state index contributed by atoms with van der Waals surface area (Å²) in [4.78, 5) is 31.9. The summed E-state index contributed by atoms with van der Waals surface area (Å²) in [7, 11) is 1.98. The molecule has 7 nitrogen and oxygen atoms in total. The molecule has 7 heteroatoms. The molecular formula is C20H25N5O2. The summed E-state index contributed by atoms with van der Waals surface area (Å²) in [6.07, 6.45) is 3.18.